The van der Waals surface area contributed by atoms with E-state index in [2.05, 4.69) is 40.8 Å². The molecule has 0 bridgehead atoms. The van der Waals surface area contributed by atoms with E-state index < -0.39 is 0 Å². The Balaban J connectivity index is 2.00. The van der Waals surface area contributed by atoms with Crippen molar-refractivity contribution in [3.63, 3.8) is 0 Å². The molecule has 4 nitrogen and oxygen atoms in total. The molecule has 3 rings (SSSR count). The van der Waals surface area contributed by atoms with Crippen molar-refractivity contribution in [3.05, 3.63) is 52.5 Å². The maximum atomic E-state index is 5.66. The third kappa shape index (κ3) is 3.10. The minimum absolute atomic E-state index is 0.268. The zero-order chi connectivity index (χ0) is 15.4. The van der Waals surface area contributed by atoms with Gasteiger partial charge >= 0.3 is 0 Å². The SMILES string of the molecule is CCC(Nc1nc(CCN)nc2ccccc12)c1cccs1. The highest BCUT2D eigenvalue weighted by atomic mass is 32.1. The van der Waals surface area contributed by atoms with Crippen LogP contribution in [0.4, 0.5) is 5.82 Å². The number of aromatic nitrogens is 2. The average molecular weight is 312 g/mol. The molecule has 0 radical (unpaired) electrons. The zero-order valence-corrected chi connectivity index (χ0v) is 13.4. The van der Waals surface area contributed by atoms with Crippen molar-refractivity contribution in [2.45, 2.75) is 25.8 Å². The van der Waals surface area contributed by atoms with E-state index >= 15 is 0 Å². The summed E-state index contributed by atoms with van der Waals surface area (Å²) in [6.07, 6.45) is 1.69. The average Bonchev–Trinajstić information content (AvgIpc) is 3.07. The Hall–Kier alpha value is -1.98. The number of anilines is 1. The van der Waals surface area contributed by atoms with Gasteiger partial charge in [-0.2, -0.15) is 0 Å². The molecule has 0 fully saturated rings. The molecule has 0 aliphatic carbocycles. The molecule has 0 saturated heterocycles. The second-order valence-electron chi connectivity index (χ2n) is 5.16. The molecule has 0 spiro atoms. The van der Waals surface area contributed by atoms with Gasteiger partial charge in [0.05, 0.1) is 11.6 Å². The fraction of sp³-hybridized carbons (Fsp3) is 0.294. The Kier molecular flexibility index (Phi) is 4.65. The second kappa shape index (κ2) is 6.85. The Bertz CT molecular complexity index is 740. The second-order valence-corrected chi connectivity index (χ2v) is 6.14. The molecule has 3 N–H and O–H groups in total. The van der Waals surface area contributed by atoms with Crippen LogP contribution in [0.25, 0.3) is 10.9 Å². The molecule has 5 heteroatoms. The van der Waals surface area contributed by atoms with Crippen LogP contribution >= 0.6 is 11.3 Å². The lowest BCUT2D eigenvalue weighted by Gasteiger charge is -2.18. The summed E-state index contributed by atoms with van der Waals surface area (Å²) in [5.74, 6) is 1.69. The molecule has 0 amide bonds. The van der Waals surface area contributed by atoms with Gasteiger partial charge in [0.15, 0.2) is 0 Å². The van der Waals surface area contributed by atoms with Gasteiger partial charge in [-0.25, -0.2) is 9.97 Å². The van der Waals surface area contributed by atoms with Crippen LogP contribution in [0.1, 0.15) is 30.1 Å². The molecule has 0 aliphatic heterocycles. The van der Waals surface area contributed by atoms with E-state index in [-0.39, 0.29) is 6.04 Å². The van der Waals surface area contributed by atoms with Gasteiger partial charge in [0.2, 0.25) is 0 Å². The van der Waals surface area contributed by atoms with Crippen LogP contribution in [0, 0.1) is 0 Å². The molecule has 0 aliphatic rings. The lowest BCUT2D eigenvalue weighted by Crippen LogP contribution is -2.13. The first-order chi connectivity index (χ1) is 10.8. The van der Waals surface area contributed by atoms with E-state index in [9.17, 15) is 0 Å². The molecule has 114 valence electrons. The number of nitrogens with zero attached hydrogens (tertiary/aromatic N) is 2. The molecule has 22 heavy (non-hydrogen) atoms. The van der Waals surface area contributed by atoms with E-state index in [1.165, 1.54) is 4.88 Å². The van der Waals surface area contributed by atoms with Crippen LogP contribution in [-0.2, 0) is 6.42 Å². The fourth-order valence-corrected chi connectivity index (χ4v) is 3.37. The first-order valence-corrected chi connectivity index (χ1v) is 8.45. The summed E-state index contributed by atoms with van der Waals surface area (Å²) in [7, 11) is 0. The summed E-state index contributed by atoms with van der Waals surface area (Å²) >= 11 is 1.77. The van der Waals surface area contributed by atoms with Gasteiger partial charge < -0.3 is 11.1 Å². The topological polar surface area (TPSA) is 63.8 Å². The number of rotatable bonds is 6. The standard InChI is InChI=1S/C17H20N4S/c1-2-13(15-8-5-11-22-15)20-17-12-6-3-4-7-14(12)19-16(21-17)9-10-18/h3-8,11,13H,2,9-10,18H2,1H3,(H,19,20,21). The predicted octanol–water partition coefficient (Wildman–Crippen LogP) is 3.76. The third-order valence-electron chi connectivity index (χ3n) is 3.62. The third-order valence-corrected chi connectivity index (χ3v) is 4.61. The van der Waals surface area contributed by atoms with Gasteiger partial charge in [-0.3, -0.25) is 0 Å². The van der Waals surface area contributed by atoms with E-state index in [1.807, 2.05) is 18.2 Å². The summed E-state index contributed by atoms with van der Waals surface area (Å²) in [5, 5.41) is 6.75. The molecular formula is C17H20N4S. The number of hydrogen-bond acceptors (Lipinski definition) is 5. The number of hydrogen-bond donors (Lipinski definition) is 2. The van der Waals surface area contributed by atoms with Crippen LogP contribution in [0.15, 0.2) is 41.8 Å². The molecule has 1 aromatic carbocycles. The van der Waals surface area contributed by atoms with E-state index in [4.69, 9.17) is 10.7 Å². The predicted molar refractivity (Wildman–Crippen MR) is 93.3 cm³/mol. The van der Waals surface area contributed by atoms with E-state index in [0.717, 1.165) is 29.0 Å². The maximum absolute atomic E-state index is 5.66. The van der Waals surface area contributed by atoms with Gasteiger partial charge in [-0.05, 0) is 36.5 Å². The smallest absolute Gasteiger partial charge is 0.138 e. The highest BCUT2D eigenvalue weighted by molar-refractivity contribution is 7.10. The number of benzene rings is 1. The van der Waals surface area contributed by atoms with Crippen molar-refractivity contribution >= 4 is 28.1 Å². The fourth-order valence-electron chi connectivity index (χ4n) is 2.50. The van der Waals surface area contributed by atoms with Crippen LogP contribution in [0.5, 0.6) is 0 Å². The van der Waals surface area contributed by atoms with E-state index in [1.54, 1.807) is 11.3 Å². The Morgan fingerprint density at radius 2 is 2.05 bits per heavy atom. The first-order valence-electron chi connectivity index (χ1n) is 7.57. The molecular weight excluding hydrogens is 292 g/mol. The summed E-state index contributed by atoms with van der Waals surface area (Å²) in [4.78, 5) is 10.6. The lowest BCUT2D eigenvalue weighted by molar-refractivity contribution is 0.756. The van der Waals surface area contributed by atoms with Gasteiger partial charge in [-0.15, -0.1) is 11.3 Å². The number of para-hydroxylation sites is 1. The molecule has 2 aromatic heterocycles. The van der Waals surface area contributed by atoms with Crippen LogP contribution < -0.4 is 11.1 Å². The van der Waals surface area contributed by atoms with Crippen molar-refractivity contribution in [3.8, 4) is 0 Å². The summed E-state index contributed by atoms with van der Waals surface area (Å²) in [6.45, 7) is 2.74. The van der Waals surface area contributed by atoms with Crippen molar-refractivity contribution in [1.82, 2.24) is 9.97 Å². The summed E-state index contributed by atoms with van der Waals surface area (Å²) < 4.78 is 0. The van der Waals surface area contributed by atoms with Gasteiger partial charge in [-0.1, -0.05) is 25.1 Å². The van der Waals surface area contributed by atoms with Crippen molar-refractivity contribution in [1.29, 1.82) is 0 Å². The minimum Gasteiger partial charge on any atom is -0.362 e. The minimum atomic E-state index is 0.268. The molecule has 3 aromatic rings. The van der Waals surface area contributed by atoms with Gasteiger partial charge in [0.25, 0.3) is 0 Å². The number of nitrogens with one attached hydrogen (secondary N) is 1. The largest absolute Gasteiger partial charge is 0.362 e. The van der Waals surface area contributed by atoms with Crippen LogP contribution in [-0.4, -0.2) is 16.5 Å². The van der Waals surface area contributed by atoms with Crippen LogP contribution in [0.2, 0.25) is 0 Å². The molecule has 0 saturated carbocycles. The molecule has 1 unspecified atom stereocenters. The van der Waals surface area contributed by atoms with Crippen molar-refractivity contribution in [2.24, 2.45) is 5.73 Å². The highest BCUT2D eigenvalue weighted by Crippen LogP contribution is 2.28. The highest BCUT2D eigenvalue weighted by Gasteiger charge is 2.14. The number of nitrogens with two attached hydrogens (primary N) is 1. The van der Waals surface area contributed by atoms with Crippen molar-refractivity contribution < 1.29 is 0 Å². The zero-order valence-electron chi connectivity index (χ0n) is 12.6. The monoisotopic (exact) mass is 312 g/mol. The summed E-state index contributed by atoms with van der Waals surface area (Å²) in [6, 6.07) is 12.6. The normalized spacial score (nSPS) is 12.5. The molecule has 2 heterocycles. The maximum Gasteiger partial charge on any atom is 0.138 e. The van der Waals surface area contributed by atoms with Crippen LogP contribution in [0.3, 0.4) is 0 Å². The van der Waals surface area contributed by atoms with Gasteiger partial charge in [0.1, 0.15) is 11.6 Å². The first kappa shape index (κ1) is 14.9. The number of thiophene rings is 1. The van der Waals surface area contributed by atoms with E-state index in [0.29, 0.717) is 13.0 Å². The summed E-state index contributed by atoms with van der Waals surface area (Å²) in [5.41, 5.74) is 6.62. The Labute approximate surface area is 134 Å². The quantitative estimate of drug-likeness (QED) is 0.727. The van der Waals surface area contributed by atoms with Gasteiger partial charge in [0, 0.05) is 16.7 Å². The lowest BCUT2D eigenvalue weighted by atomic mass is 10.1. The Morgan fingerprint density at radius 1 is 1.18 bits per heavy atom. The molecule has 1 atom stereocenters. The van der Waals surface area contributed by atoms with Crippen molar-refractivity contribution in [2.75, 3.05) is 11.9 Å². The Morgan fingerprint density at radius 3 is 2.77 bits per heavy atom. The number of fused-ring (bicyclic) bond motifs is 1.